The molecule has 8 heteroatoms. The summed E-state index contributed by atoms with van der Waals surface area (Å²) in [6.07, 6.45) is 0. The summed E-state index contributed by atoms with van der Waals surface area (Å²) in [4.78, 5) is 23.6. The Kier molecular flexibility index (Phi) is 5.89. The molecule has 0 atom stereocenters. The average Bonchev–Trinajstić information content (AvgIpc) is 2.60. The largest absolute Gasteiger partial charge is 0.497 e. The average molecular weight is 351 g/mol. The summed E-state index contributed by atoms with van der Waals surface area (Å²) in [5.74, 6) is -2.73. The number of anilines is 1. The number of carbonyl (C=O) groups excluding carboxylic acids is 2. The lowest BCUT2D eigenvalue weighted by Gasteiger charge is -2.12. The quantitative estimate of drug-likeness (QED) is 0.810. The topological polar surface area (TPSA) is 73.9 Å². The lowest BCUT2D eigenvalue weighted by molar-refractivity contribution is -0.119. The first-order valence-corrected chi connectivity index (χ1v) is 7.08. The van der Waals surface area contributed by atoms with Crippen LogP contribution in [-0.4, -0.2) is 32.7 Å². The van der Waals surface area contributed by atoms with Crippen molar-refractivity contribution in [3.8, 4) is 11.5 Å². The van der Waals surface area contributed by atoms with Crippen LogP contribution >= 0.6 is 0 Å². The van der Waals surface area contributed by atoms with Crippen molar-refractivity contribution >= 4 is 17.6 Å². The highest BCUT2D eigenvalue weighted by molar-refractivity contribution is 5.96. The summed E-state index contributed by atoms with van der Waals surface area (Å²) in [7, 11) is 2.91. The van der Waals surface area contributed by atoms with Gasteiger partial charge in [-0.05, 0) is 24.3 Å². The summed E-state index contributed by atoms with van der Waals surface area (Å²) < 4.78 is 41.2. The van der Waals surface area contributed by atoms with E-state index >= 15 is 0 Å². The molecular weight excluding hydrogens is 336 g/mol. The minimum Gasteiger partial charge on any atom is -0.497 e. The van der Waals surface area contributed by atoms with Gasteiger partial charge in [0.2, 0.25) is 0 Å². The van der Waals surface area contributed by atoms with Crippen molar-refractivity contribution in [2.75, 3.05) is 26.1 Å². The van der Waals surface area contributed by atoms with E-state index in [4.69, 9.17) is 14.2 Å². The highest BCUT2D eigenvalue weighted by atomic mass is 19.1. The van der Waals surface area contributed by atoms with Gasteiger partial charge in [-0.1, -0.05) is 0 Å². The molecule has 25 heavy (non-hydrogen) atoms. The zero-order valence-corrected chi connectivity index (χ0v) is 13.5. The van der Waals surface area contributed by atoms with E-state index in [0.717, 1.165) is 12.1 Å². The molecule has 0 saturated carbocycles. The fraction of sp³-hybridized carbons (Fsp3) is 0.176. The van der Waals surface area contributed by atoms with Crippen molar-refractivity contribution in [3.05, 3.63) is 53.6 Å². The Hall–Kier alpha value is -3.16. The maximum Gasteiger partial charge on any atom is 0.341 e. The number of carbonyl (C=O) groups is 2. The van der Waals surface area contributed by atoms with Crippen LogP contribution < -0.4 is 14.8 Å². The molecule has 0 aliphatic carbocycles. The Labute approximate surface area is 142 Å². The molecule has 2 aromatic carbocycles. The van der Waals surface area contributed by atoms with E-state index in [0.29, 0.717) is 23.3 Å². The Morgan fingerprint density at radius 3 is 2.44 bits per heavy atom. The van der Waals surface area contributed by atoms with Gasteiger partial charge in [0, 0.05) is 12.1 Å². The number of rotatable bonds is 6. The van der Waals surface area contributed by atoms with Crippen LogP contribution in [0.4, 0.5) is 14.5 Å². The number of methoxy groups -OCH3 is 2. The third kappa shape index (κ3) is 4.66. The van der Waals surface area contributed by atoms with Gasteiger partial charge in [-0.2, -0.15) is 0 Å². The van der Waals surface area contributed by atoms with Crippen LogP contribution in [0.15, 0.2) is 36.4 Å². The minimum absolute atomic E-state index is 0.345. The highest BCUT2D eigenvalue weighted by Crippen LogP contribution is 2.28. The normalized spacial score (nSPS) is 10.1. The van der Waals surface area contributed by atoms with Crippen molar-refractivity contribution in [1.29, 1.82) is 0 Å². The third-order valence-corrected chi connectivity index (χ3v) is 3.17. The number of esters is 1. The van der Waals surface area contributed by atoms with Gasteiger partial charge in [0.25, 0.3) is 5.91 Å². The van der Waals surface area contributed by atoms with Gasteiger partial charge in [0.15, 0.2) is 6.61 Å². The first-order chi connectivity index (χ1) is 11.9. The lowest BCUT2D eigenvalue weighted by atomic mass is 10.2. The van der Waals surface area contributed by atoms with Crippen LogP contribution in [0.3, 0.4) is 0 Å². The smallest absolute Gasteiger partial charge is 0.341 e. The molecule has 132 valence electrons. The molecule has 0 heterocycles. The molecule has 0 aromatic heterocycles. The zero-order chi connectivity index (χ0) is 18.4. The zero-order valence-electron chi connectivity index (χ0n) is 13.5. The maximum absolute atomic E-state index is 13.5. The second kappa shape index (κ2) is 8.09. The van der Waals surface area contributed by atoms with E-state index in [1.807, 2.05) is 0 Å². The molecule has 1 N–H and O–H groups in total. The van der Waals surface area contributed by atoms with E-state index in [1.165, 1.54) is 14.2 Å². The lowest BCUT2D eigenvalue weighted by Crippen LogP contribution is -2.21. The number of ether oxygens (including phenoxy) is 3. The molecular formula is C17H15F2NO5. The van der Waals surface area contributed by atoms with E-state index in [2.05, 4.69) is 5.32 Å². The van der Waals surface area contributed by atoms with Crippen molar-refractivity contribution in [3.63, 3.8) is 0 Å². The fourth-order valence-corrected chi connectivity index (χ4v) is 1.95. The van der Waals surface area contributed by atoms with Crippen LogP contribution in [0.5, 0.6) is 11.5 Å². The molecule has 2 aromatic rings. The van der Waals surface area contributed by atoms with E-state index < -0.39 is 35.7 Å². The molecule has 6 nitrogen and oxygen atoms in total. The van der Waals surface area contributed by atoms with Gasteiger partial charge in [-0.3, -0.25) is 4.79 Å². The van der Waals surface area contributed by atoms with Crippen LogP contribution in [0.1, 0.15) is 10.4 Å². The van der Waals surface area contributed by atoms with Crippen LogP contribution in [0.25, 0.3) is 0 Å². The number of nitrogens with one attached hydrogen (secondary N) is 1. The first kappa shape index (κ1) is 18.2. The Bertz CT molecular complexity index is 795. The van der Waals surface area contributed by atoms with E-state index in [9.17, 15) is 18.4 Å². The summed E-state index contributed by atoms with van der Waals surface area (Å²) in [5, 5.41) is 2.49. The van der Waals surface area contributed by atoms with Gasteiger partial charge in [-0.15, -0.1) is 0 Å². The number of hydrogen-bond donors (Lipinski definition) is 1. The van der Waals surface area contributed by atoms with Gasteiger partial charge in [0.1, 0.15) is 23.1 Å². The standard InChI is InChI=1S/C17H15F2NO5/c1-23-11-4-6-14(15(8-11)24-2)20-16(21)9-25-17(22)12-5-3-10(18)7-13(12)19/h3-8H,9H2,1-2H3,(H,20,21). The maximum atomic E-state index is 13.5. The van der Waals surface area contributed by atoms with Gasteiger partial charge in [0.05, 0.1) is 25.5 Å². The van der Waals surface area contributed by atoms with E-state index in [1.54, 1.807) is 18.2 Å². The Balaban J connectivity index is 1.98. The monoisotopic (exact) mass is 351 g/mol. The number of amides is 1. The van der Waals surface area contributed by atoms with E-state index in [-0.39, 0.29) is 0 Å². The molecule has 0 unspecified atom stereocenters. The molecule has 0 bridgehead atoms. The fourth-order valence-electron chi connectivity index (χ4n) is 1.95. The van der Waals surface area contributed by atoms with Crippen LogP contribution in [0, 0.1) is 11.6 Å². The molecule has 0 aliphatic rings. The van der Waals surface area contributed by atoms with Gasteiger partial charge >= 0.3 is 5.97 Å². The third-order valence-electron chi connectivity index (χ3n) is 3.17. The second-order valence-corrected chi connectivity index (χ2v) is 4.81. The number of benzene rings is 2. The SMILES string of the molecule is COc1ccc(NC(=O)COC(=O)c2ccc(F)cc2F)c(OC)c1. The summed E-state index contributed by atoms with van der Waals surface area (Å²) in [6.45, 7) is -0.648. The Morgan fingerprint density at radius 1 is 1.04 bits per heavy atom. The first-order valence-electron chi connectivity index (χ1n) is 7.08. The van der Waals surface area contributed by atoms with Crippen molar-refractivity contribution in [1.82, 2.24) is 0 Å². The van der Waals surface area contributed by atoms with Gasteiger partial charge < -0.3 is 19.5 Å². The summed E-state index contributed by atoms with van der Waals surface area (Å²) in [6, 6.07) is 7.14. The predicted molar refractivity (Wildman–Crippen MR) is 84.8 cm³/mol. The molecule has 0 aliphatic heterocycles. The summed E-state index contributed by atoms with van der Waals surface area (Å²) >= 11 is 0. The van der Waals surface area contributed by atoms with Crippen LogP contribution in [-0.2, 0) is 9.53 Å². The molecule has 0 radical (unpaired) electrons. The molecule has 0 fully saturated rings. The van der Waals surface area contributed by atoms with Crippen molar-refractivity contribution < 1.29 is 32.6 Å². The number of halogens is 2. The van der Waals surface area contributed by atoms with Gasteiger partial charge in [-0.25, -0.2) is 13.6 Å². The van der Waals surface area contributed by atoms with Crippen molar-refractivity contribution in [2.24, 2.45) is 0 Å². The minimum atomic E-state index is -1.07. The predicted octanol–water partition coefficient (Wildman–Crippen LogP) is 2.78. The highest BCUT2D eigenvalue weighted by Gasteiger charge is 2.16. The summed E-state index contributed by atoms with van der Waals surface area (Å²) in [5.41, 5.74) is -0.117. The molecule has 2 rings (SSSR count). The van der Waals surface area contributed by atoms with Crippen molar-refractivity contribution in [2.45, 2.75) is 0 Å². The molecule has 0 spiro atoms. The Morgan fingerprint density at radius 2 is 1.80 bits per heavy atom. The molecule has 1 amide bonds. The number of hydrogen-bond acceptors (Lipinski definition) is 5. The molecule has 0 saturated heterocycles. The van der Waals surface area contributed by atoms with Crippen LogP contribution in [0.2, 0.25) is 0 Å². The second-order valence-electron chi connectivity index (χ2n) is 4.81.